The van der Waals surface area contributed by atoms with Gasteiger partial charge in [0, 0.05) is 6.10 Å². The highest BCUT2D eigenvalue weighted by atomic mass is 16.4. The molecular weight excluding hydrogens is 170 g/mol. The second-order valence-electron chi connectivity index (χ2n) is 3.67. The Balaban J connectivity index is 0. The summed E-state index contributed by atoms with van der Waals surface area (Å²) in [5, 5.41) is 16.4. The van der Waals surface area contributed by atoms with Crippen molar-refractivity contribution in [2.75, 3.05) is 0 Å². The van der Waals surface area contributed by atoms with E-state index in [1.165, 1.54) is 0 Å². The topological polar surface area (TPSA) is 83.6 Å². The van der Waals surface area contributed by atoms with Crippen molar-refractivity contribution in [2.45, 2.75) is 46.3 Å². The van der Waals surface area contributed by atoms with E-state index in [9.17, 15) is 4.79 Å². The highest BCUT2D eigenvalue weighted by Crippen LogP contribution is 2.01. The van der Waals surface area contributed by atoms with Crippen LogP contribution < -0.4 is 5.73 Å². The fourth-order valence-corrected chi connectivity index (χ4v) is 0.609. The molecule has 0 heterocycles. The number of carbonyl (C=O) groups is 1. The number of nitrogens with two attached hydrogens (primary N) is 1. The fourth-order valence-electron chi connectivity index (χ4n) is 0.609. The molecule has 0 saturated heterocycles. The molecule has 80 valence electrons. The monoisotopic (exact) mass is 191 g/mol. The summed E-state index contributed by atoms with van der Waals surface area (Å²) >= 11 is 0. The van der Waals surface area contributed by atoms with Crippen LogP contribution in [0.3, 0.4) is 0 Å². The highest BCUT2D eigenvalue weighted by Gasteiger charge is 2.11. The Morgan fingerprint density at radius 3 is 1.69 bits per heavy atom. The van der Waals surface area contributed by atoms with Crippen molar-refractivity contribution in [3.05, 3.63) is 0 Å². The molecule has 0 aromatic carbocycles. The quantitative estimate of drug-likeness (QED) is 0.617. The lowest BCUT2D eigenvalue weighted by Gasteiger charge is -2.07. The molecule has 0 bridgehead atoms. The van der Waals surface area contributed by atoms with Gasteiger partial charge in [-0.3, -0.25) is 4.79 Å². The van der Waals surface area contributed by atoms with Gasteiger partial charge in [0.1, 0.15) is 6.04 Å². The predicted octanol–water partition coefficient (Wildman–Crippen LogP) is 0.831. The fraction of sp³-hybridized carbons (Fsp3) is 0.889. The average molecular weight is 191 g/mol. The van der Waals surface area contributed by atoms with Crippen LogP contribution in [0.5, 0.6) is 0 Å². The summed E-state index contributed by atoms with van der Waals surface area (Å²) in [5.74, 6) is -0.556. The van der Waals surface area contributed by atoms with Crippen molar-refractivity contribution >= 4 is 5.97 Å². The van der Waals surface area contributed by atoms with Crippen LogP contribution in [0.4, 0.5) is 0 Å². The van der Waals surface area contributed by atoms with E-state index in [0.29, 0.717) is 12.3 Å². The van der Waals surface area contributed by atoms with Gasteiger partial charge in [0.2, 0.25) is 0 Å². The molecule has 1 unspecified atom stereocenters. The second-order valence-corrected chi connectivity index (χ2v) is 3.67. The minimum Gasteiger partial charge on any atom is -0.480 e. The van der Waals surface area contributed by atoms with Gasteiger partial charge in [0.25, 0.3) is 0 Å². The SMILES string of the molecule is CC(C)CC(N)C(=O)O.CC(C)O. The lowest BCUT2D eigenvalue weighted by atomic mass is 10.1. The number of carboxylic acids is 1. The molecule has 0 fully saturated rings. The first-order valence-electron chi connectivity index (χ1n) is 4.43. The zero-order valence-electron chi connectivity index (χ0n) is 8.82. The van der Waals surface area contributed by atoms with E-state index in [-0.39, 0.29) is 6.10 Å². The molecule has 0 radical (unpaired) electrons. The third kappa shape index (κ3) is 18.4. The Labute approximate surface area is 79.8 Å². The molecule has 0 aromatic heterocycles. The summed E-state index contributed by atoms with van der Waals surface area (Å²) in [6.45, 7) is 7.34. The molecular formula is C9H21NO3. The number of aliphatic hydroxyl groups excluding tert-OH is 1. The summed E-state index contributed by atoms with van der Waals surface area (Å²) < 4.78 is 0. The first-order chi connectivity index (χ1) is 5.77. The number of hydrogen-bond donors (Lipinski definition) is 3. The largest absolute Gasteiger partial charge is 0.480 e. The summed E-state index contributed by atoms with van der Waals surface area (Å²) in [4.78, 5) is 10.1. The molecule has 0 aliphatic carbocycles. The molecule has 0 rings (SSSR count). The highest BCUT2D eigenvalue weighted by molar-refractivity contribution is 5.72. The smallest absolute Gasteiger partial charge is 0.320 e. The summed E-state index contributed by atoms with van der Waals surface area (Å²) in [6, 6.07) is -0.690. The molecule has 0 aliphatic rings. The zero-order chi connectivity index (χ0) is 11.0. The van der Waals surface area contributed by atoms with E-state index in [1.807, 2.05) is 13.8 Å². The van der Waals surface area contributed by atoms with E-state index in [2.05, 4.69) is 0 Å². The van der Waals surface area contributed by atoms with Crippen molar-refractivity contribution in [1.82, 2.24) is 0 Å². The standard InChI is InChI=1S/C6H13NO2.C3H8O/c1-4(2)3-5(7)6(8)9;1-3(2)4/h4-5H,3,7H2,1-2H3,(H,8,9);3-4H,1-2H3. The summed E-state index contributed by atoms with van der Waals surface area (Å²) in [5.41, 5.74) is 5.22. The van der Waals surface area contributed by atoms with Crippen LogP contribution in [-0.4, -0.2) is 28.3 Å². The van der Waals surface area contributed by atoms with Crippen LogP contribution in [0.15, 0.2) is 0 Å². The van der Waals surface area contributed by atoms with Crippen molar-refractivity contribution in [1.29, 1.82) is 0 Å². The molecule has 0 aromatic rings. The van der Waals surface area contributed by atoms with Crippen molar-refractivity contribution in [3.63, 3.8) is 0 Å². The van der Waals surface area contributed by atoms with Gasteiger partial charge in [-0.15, -0.1) is 0 Å². The van der Waals surface area contributed by atoms with Crippen molar-refractivity contribution < 1.29 is 15.0 Å². The van der Waals surface area contributed by atoms with Gasteiger partial charge in [0.15, 0.2) is 0 Å². The van der Waals surface area contributed by atoms with Crippen LogP contribution in [0.25, 0.3) is 0 Å². The Kier molecular flexibility index (Phi) is 9.17. The van der Waals surface area contributed by atoms with Gasteiger partial charge >= 0.3 is 5.97 Å². The van der Waals surface area contributed by atoms with E-state index < -0.39 is 12.0 Å². The molecule has 4 nitrogen and oxygen atoms in total. The molecule has 0 aliphatic heterocycles. The van der Waals surface area contributed by atoms with Crippen LogP contribution in [0, 0.1) is 5.92 Å². The van der Waals surface area contributed by atoms with Gasteiger partial charge in [-0.05, 0) is 26.2 Å². The summed E-state index contributed by atoms with van der Waals surface area (Å²) in [6.07, 6.45) is 0.384. The predicted molar refractivity (Wildman–Crippen MR) is 52.4 cm³/mol. The first-order valence-corrected chi connectivity index (χ1v) is 4.43. The first kappa shape index (κ1) is 14.9. The van der Waals surface area contributed by atoms with Gasteiger partial charge < -0.3 is 15.9 Å². The van der Waals surface area contributed by atoms with Crippen LogP contribution >= 0.6 is 0 Å². The molecule has 0 amide bonds. The van der Waals surface area contributed by atoms with Crippen LogP contribution in [0.1, 0.15) is 34.1 Å². The third-order valence-corrected chi connectivity index (χ3v) is 1.04. The van der Waals surface area contributed by atoms with E-state index >= 15 is 0 Å². The number of hydrogen-bond acceptors (Lipinski definition) is 3. The number of aliphatic hydroxyl groups is 1. The summed E-state index contributed by atoms with van der Waals surface area (Å²) in [7, 11) is 0. The minimum atomic E-state index is -0.913. The van der Waals surface area contributed by atoms with Crippen LogP contribution in [0.2, 0.25) is 0 Å². The van der Waals surface area contributed by atoms with Gasteiger partial charge in [-0.2, -0.15) is 0 Å². The zero-order valence-corrected chi connectivity index (χ0v) is 8.82. The Bertz CT molecular complexity index is 132. The molecule has 0 spiro atoms. The maximum atomic E-state index is 10.1. The van der Waals surface area contributed by atoms with E-state index in [4.69, 9.17) is 15.9 Å². The average Bonchev–Trinajstić information content (AvgIpc) is 1.83. The normalized spacial score (nSPS) is 12.3. The number of aliphatic carboxylic acids is 1. The van der Waals surface area contributed by atoms with Gasteiger partial charge in [-0.1, -0.05) is 13.8 Å². The van der Waals surface area contributed by atoms with Crippen molar-refractivity contribution in [2.24, 2.45) is 11.7 Å². The molecule has 0 saturated carbocycles. The Hall–Kier alpha value is -0.610. The molecule has 4 heteroatoms. The number of rotatable bonds is 3. The van der Waals surface area contributed by atoms with E-state index in [0.717, 1.165) is 0 Å². The molecule has 1 atom stereocenters. The molecule has 13 heavy (non-hydrogen) atoms. The second kappa shape index (κ2) is 8.01. The maximum absolute atomic E-state index is 10.1. The maximum Gasteiger partial charge on any atom is 0.320 e. The molecule has 4 N–H and O–H groups in total. The lowest BCUT2D eigenvalue weighted by Crippen LogP contribution is -2.31. The van der Waals surface area contributed by atoms with Gasteiger partial charge in [-0.25, -0.2) is 0 Å². The van der Waals surface area contributed by atoms with Crippen LogP contribution in [-0.2, 0) is 4.79 Å². The lowest BCUT2D eigenvalue weighted by molar-refractivity contribution is -0.138. The third-order valence-electron chi connectivity index (χ3n) is 1.04. The van der Waals surface area contributed by atoms with Gasteiger partial charge in [0.05, 0.1) is 0 Å². The Morgan fingerprint density at radius 2 is 1.62 bits per heavy atom. The van der Waals surface area contributed by atoms with E-state index in [1.54, 1.807) is 13.8 Å². The Morgan fingerprint density at radius 1 is 1.31 bits per heavy atom. The van der Waals surface area contributed by atoms with Crippen molar-refractivity contribution in [3.8, 4) is 0 Å². The minimum absolute atomic E-state index is 0.167. The number of carboxylic acid groups (broad SMARTS) is 1.